The minimum absolute atomic E-state index is 0.0514. The van der Waals surface area contributed by atoms with Gasteiger partial charge in [0.25, 0.3) is 5.56 Å². The number of nitrogens with zero attached hydrogens (tertiary/aromatic N) is 4. The van der Waals surface area contributed by atoms with E-state index in [1.807, 2.05) is 32.2 Å². The first kappa shape index (κ1) is 16.5. The number of halogens is 1. The van der Waals surface area contributed by atoms with E-state index in [0.717, 1.165) is 38.2 Å². The Morgan fingerprint density at radius 3 is 2.95 bits per heavy atom. The maximum Gasteiger partial charge on any atom is 0.283 e. The Balaban J connectivity index is 2.22. The van der Waals surface area contributed by atoms with Crippen molar-refractivity contribution in [3.8, 4) is 0 Å². The van der Waals surface area contributed by atoms with E-state index in [1.54, 1.807) is 0 Å². The molecule has 0 aromatic carbocycles. The molecule has 0 saturated carbocycles. The SMILES string of the molecule is CNCC1CCCN1c1cnn(CCN(C)C)c(=O)c1Br. The van der Waals surface area contributed by atoms with Crippen molar-refractivity contribution in [3.63, 3.8) is 0 Å². The van der Waals surface area contributed by atoms with Gasteiger partial charge in [-0.1, -0.05) is 0 Å². The molecular formula is C14H24BrN5O. The minimum Gasteiger partial charge on any atom is -0.365 e. The molecule has 0 spiro atoms. The molecule has 0 aliphatic carbocycles. The van der Waals surface area contributed by atoms with Gasteiger partial charge in [-0.2, -0.15) is 5.10 Å². The first-order chi connectivity index (χ1) is 10.0. The van der Waals surface area contributed by atoms with E-state index in [-0.39, 0.29) is 5.56 Å². The highest BCUT2D eigenvalue weighted by Gasteiger charge is 2.27. The van der Waals surface area contributed by atoms with Crippen molar-refractivity contribution < 1.29 is 0 Å². The summed E-state index contributed by atoms with van der Waals surface area (Å²) in [5, 5.41) is 7.56. The maximum absolute atomic E-state index is 12.4. The third-order valence-electron chi connectivity index (χ3n) is 3.85. The smallest absolute Gasteiger partial charge is 0.283 e. The van der Waals surface area contributed by atoms with Crippen LogP contribution < -0.4 is 15.8 Å². The van der Waals surface area contributed by atoms with Gasteiger partial charge in [-0.25, -0.2) is 4.68 Å². The Kier molecular flexibility index (Phi) is 5.78. The van der Waals surface area contributed by atoms with Crippen molar-refractivity contribution >= 4 is 21.6 Å². The van der Waals surface area contributed by atoms with Crippen LogP contribution in [0.3, 0.4) is 0 Å². The number of hydrogen-bond donors (Lipinski definition) is 1. The molecule has 1 aromatic rings. The van der Waals surface area contributed by atoms with Gasteiger partial charge >= 0.3 is 0 Å². The van der Waals surface area contributed by atoms with Gasteiger partial charge in [0.1, 0.15) is 4.47 Å². The van der Waals surface area contributed by atoms with E-state index >= 15 is 0 Å². The van der Waals surface area contributed by atoms with E-state index in [9.17, 15) is 4.79 Å². The van der Waals surface area contributed by atoms with Crippen LogP contribution in [0.25, 0.3) is 0 Å². The van der Waals surface area contributed by atoms with Crippen LogP contribution in [0.15, 0.2) is 15.5 Å². The van der Waals surface area contributed by atoms with E-state index in [4.69, 9.17) is 0 Å². The second-order valence-corrected chi connectivity index (χ2v) is 6.52. The highest BCUT2D eigenvalue weighted by atomic mass is 79.9. The zero-order valence-electron chi connectivity index (χ0n) is 13.0. The van der Waals surface area contributed by atoms with E-state index in [0.29, 0.717) is 17.1 Å². The Bertz CT molecular complexity index is 531. The summed E-state index contributed by atoms with van der Waals surface area (Å²) in [4.78, 5) is 16.7. The molecule has 7 heteroatoms. The molecule has 1 aliphatic rings. The molecular weight excluding hydrogens is 334 g/mol. The molecule has 1 saturated heterocycles. The quantitative estimate of drug-likeness (QED) is 0.814. The molecule has 0 bridgehead atoms. The van der Waals surface area contributed by atoms with Crippen molar-refractivity contribution in [2.45, 2.75) is 25.4 Å². The monoisotopic (exact) mass is 357 g/mol. The van der Waals surface area contributed by atoms with Gasteiger partial charge in [-0.3, -0.25) is 4.79 Å². The normalized spacial score (nSPS) is 18.7. The molecule has 2 heterocycles. The highest BCUT2D eigenvalue weighted by molar-refractivity contribution is 9.10. The summed E-state index contributed by atoms with van der Waals surface area (Å²) in [7, 11) is 5.94. The molecule has 1 aliphatic heterocycles. The summed E-state index contributed by atoms with van der Waals surface area (Å²) in [6, 6.07) is 0.435. The third-order valence-corrected chi connectivity index (χ3v) is 4.60. The lowest BCUT2D eigenvalue weighted by molar-refractivity contribution is 0.367. The predicted octanol–water partition coefficient (Wildman–Crippen LogP) is 0.756. The molecule has 21 heavy (non-hydrogen) atoms. The Labute approximate surface area is 134 Å². The number of anilines is 1. The summed E-state index contributed by atoms with van der Waals surface area (Å²) in [5.41, 5.74) is 0.864. The van der Waals surface area contributed by atoms with Crippen molar-refractivity contribution in [2.24, 2.45) is 0 Å². The molecule has 2 rings (SSSR count). The summed E-state index contributed by atoms with van der Waals surface area (Å²) in [6.07, 6.45) is 4.12. The second kappa shape index (κ2) is 7.38. The summed E-state index contributed by atoms with van der Waals surface area (Å²) in [6.45, 7) is 3.30. The number of hydrogen-bond acceptors (Lipinski definition) is 5. The van der Waals surface area contributed by atoms with Crippen LogP contribution in [0.2, 0.25) is 0 Å². The Morgan fingerprint density at radius 1 is 1.52 bits per heavy atom. The van der Waals surface area contributed by atoms with E-state index < -0.39 is 0 Å². The predicted molar refractivity (Wildman–Crippen MR) is 89.0 cm³/mol. The van der Waals surface area contributed by atoms with Crippen molar-refractivity contribution in [1.82, 2.24) is 20.0 Å². The zero-order valence-corrected chi connectivity index (χ0v) is 14.6. The molecule has 1 fully saturated rings. The topological polar surface area (TPSA) is 53.4 Å². The molecule has 118 valence electrons. The molecule has 0 amide bonds. The number of rotatable bonds is 6. The fourth-order valence-electron chi connectivity index (χ4n) is 2.71. The standard InChI is InChI=1S/C14H24BrN5O/c1-16-9-11-5-4-6-19(11)12-10-17-20(8-7-18(2)3)14(21)13(12)15/h10-11,16H,4-9H2,1-3H3. The summed E-state index contributed by atoms with van der Waals surface area (Å²) < 4.78 is 2.15. The lowest BCUT2D eigenvalue weighted by atomic mass is 10.2. The van der Waals surface area contributed by atoms with Crippen LogP contribution >= 0.6 is 15.9 Å². The zero-order chi connectivity index (χ0) is 15.4. The van der Waals surface area contributed by atoms with Gasteiger partial charge < -0.3 is 15.1 Å². The fraction of sp³-hybridized carbons (Fsp3) is 0.714. The third kappa shape index (κ3) is 3.84. The van der Waals surface area contributed by atoms with Gasteiger partial charge in [0.2, 0.25) is 0 Å². The largest absolute Gasteiger partial charge is 0.365 e. The number of aromatic nitrogens is 2. The summed E-state index contributed by atoms with van der Waals surface area (Å²) in [5.74, 6) is 0. The number of nitrogens with one attached hydrogen (secondary N) is 1. The molecule has 0 radical (unpaired) electrons. The Morgan fingerprint density at radius 2 is 2.29 bits per heavy atom. The molecule has 6 nitrogen and oxygen atoms in total. The lowest BCUT2D eigenvalue weighted by Crippen LogP contribution is -2.38. The van der Waals surface area contributed by atoms with Crippen LogP contribution in [0.1, 0.15) is 12.8 Å². The second-order valence-electron chi connectivity index (χ2n) is 5.72. The lowest BCUT2D eigenvalue weighted by Gasteiger charge is -2.27. The average Bonchev–Trinajstić information content (AvgIpc) is 2.89. The van der Waals surface area contributed by atoms with Gasteiger partial charge in [-0.15, -0.1) is 0 Å². The molecule has 1 aromatic heterocycles. The van der Waals surface area contributed by atoms with Gasteiger partial charge in [0.05, 0.1) is 18.4 Å². The first-order valence-corrected chi connectivity index (χ1v) is 8.15. The maximum atomic E-state index is 12.4. The Hall–Kier alpha value is -0.920. The van der Waals surface area contributed by atoms with Gasteiger partial charge in [0.15, 0.2) is 0 Å². The van der Waals surface area contributed by atoms with Gasteiger partial charge in [0, 0.05) is 25.7 Å². The summed E-state index contributed by atoms with van der Waals surface area (Å²) >= 11 is 3.48. The van der Waals surface area contributed by atoms with Gasteiger partial charge in [-0.05, 0) is 49.9 Å². The highest BCUT2D eigenvalue weighted by Crippen LogP contribution is 2.29. The number of likely N-dealkylation sites (N-methyl/N-ethyl adjacent to an activating group) is 2. The van der Waals surface area contributed by atoms with Crippen LogP contribution in [-0.2, 0) is 6.54 Å². The molecule has 1 N–H and O–H groups in total. The average molecular weight is 358 g/mol. The van der Waals surface area contributed by atoms with Crippen molar-refractivity contribution in [1.29, 1.82) is 0 Å². The first-order valence-electron chi connectivity index (χ1n) is 7.36. The van der Waals surface area contributed by atoms with Crippen LogP contribution in [0.4, 0.5) is 5.69 Å². The molecule has 1 unspecified atom stereocenters. The van der Waals surface area contributed by atoms with Crippen molar-refractivity contribution in [3.05, 3.63) is 21.0 Å². The van der Waals surface area contributed by atoms with E-state index in [2.05, 4.69) is 31.2 Å². The minimum atomic E-state index is -0.0514. The fourth-order valence-corrected chi connectivity index (χ4v) is 3.25. The van der Waals surface area contributed by atoms with Crippen LogP contribution in [-0.4, -0.2) is 61.5 Å². The van der Waals surface area contributed by atoms with Crippen LogP contribution in [0.5, 0.6) is 0 Å². The van der Waals surface area contributed by atoms with Crippen LogP contribution in [0, 0.1) is 0 Å². The molecule has 1 atom stereocenters. The van der Waals surface area contributed by atoms with E-state index in [1.165, 1.54) is 4.68 Å². The van der Waals surface area contributed by atoms with Crippen molar-refractivity contribution in [2.75, 3.05) is 45.7 Å².